The first-order valence-corrected chi connectivity index (χ1v) is 8.58. The normalized spacial score (nSPS) is 19.1. The van der Waals surface area contributed by atoms with Gasteiger partial charge in [-0.15, -0.1) is 0 Å². The minimum atomic E-state index is -0.580. The molecule has 1 saturated heterocycles. The Morgan fingerprint density at radius 2 is 1.92 bits per heavy atom. The third kappa shape index (κ3) is 2.80. The molecule has 2 N–H and O–H groups in total. The van der Waals surface area contributed by atoms with Gasteiger partial charge in [0, 0.05) is 13.1 Å². The van der Waals surface area contributed by atoms with Crippen LogP contribution < -0.4 is 15.4 Å². The lowest BCUT2D eigenvalue weighted by Gasteiger charge is -2.26. The molecule has 8 nitrogen and oxygen atoms in total. The maximum absolute atomic E-state index is 11.6. The lowest BCUT2D eigenvalue weighted by Crippen LogP contribution is -2.37. The summed E-state index contributed by atoms with van der Waals surface area (Å²) in [7, 11) is 0. The van der Waals surface area contributed by atoms with Crippen LogP contribution in [0.3, 0.4) is 0 Å². The highest BCUT2D eigenvalue weighted by Crippen LogP contribution is 2.50. The van der Waals surface area contributed by atoms with Gasteiger partial charge in [-0.1, -0.05) is 11.3 Å². The Hall–Kier alpha value is -2.26. The average Bonchev–Trinajstić information content (AvgIpc) is 3.31. The van der Waals surface area contributed by atoms with Gasteiger partial charge in [-0.05, 0) is 12.8 Å². The van der Waals surface area contributed by atoms with Gasteiger partial charge in [0.25, 0.3) is 0 Å². The molecular weight excluding hydrogens is 330 g/mol. The fourth-order valence-corrected chi connectivity index (χ4v) is 3.66. The Kier molecular flexibility index (Phi) is 3.81. The summed E-state index contributed by atoms with van der Waals surface area (Å²) < 4.78 is 11.1. The van der Waals surface area contributed by atoms with E-state index in [1.807, 2.05) is 0 Å². The number of hydrogen-bond acceptors (Lipinski definition) is 8. The van der Waals surface area contributed by atoms with E-state index in [0.717, 1.165) is 30.9 Å². The van der Waals surface area contributed by atoms with E-state index >= 15 is 0 Å². The molecule has 9 heteroatoms. The molecule has 1 saturated carbocycles. The molecule has 0 unspecified atom stereocenters. The number of ether oxygens (including phenoxy) is 2. The number of hydrogen-bond donors (Lipinski definition) is 1. The molecule has 0 atom stereocenters. The lowest BCUT2D eigenvalue weighted by atomic mass is 10.1. The topological polar surface area (TPSA) is 103 Å². The number of carbonyl (C=O) groups excluding carboxylic acids is 1. The molecule has 0 radical (unpaired) electrons. The Morgan fingerprint density at radius 3 is 2.54 bits per heavy atom. The second kappa shape index (κ2) is 5.99. The first kappa shape index (κ1) is 15.3. The van der Waals surface area contributed by atoms with E-state index in [1.54, 1.807) is 18.6 Å². The van der Waals surface area contributed by atoms with Crippen molar-refractivity contribution in [3.05, 3.63) is 23.6 Å². The number of morpholine rings is 1. The number of nitrogens with two attached hydrogens (primary N) is 1. The number of anilines is 1. The van der Waals surface area contributed by atoms with Crippen LogP contribution in [0.2, 0.25) is 0 Å². The summed E-state index contributed by atoms with van der Waals surface area (Å²) in [6.45, 7) is 2.95. The molecule has 1 aliphatic carbocycles. The zero-order chi connectivity index (χ0) is 16.6. The van der Waals surface area contributed by atoms with Crippen LogP contribution >= 0.6 is 11.3 Å². The van der Waals surface area contributed by atoms with E-state index in [2.05, 4.69) is 19.9 Å². The van der Waals surface area contributed by atoms with E-state index in [-0.39, 0.29) is 5.91 Å². The fraction of sp³-hybridized carbons (Fsp3) is 0.467. The summed E-state index contributed by atoms with van der Waals surface area (Å²) in [5.41, 5.74) is 4.89. The van der Waals surface area contributed by atoms with Crippen LogP contribution in [0.25, 0.3) is 0 Å². The number of primary amides is 1. The van der Waals surface area contributed by atoms with E-state index in [0.29, 0.717) is 30.0 Å². The number of carbonyl (C=O) groups is 1. The zero-order valence-electron chi connectivity index (χ0n) is 13.0. The Morgan fingerprint density at radius 1 is 1.21 bits per heavy atom. The van der Waals surface area contributed by atoms with Gasteiger partial charge >= 0.3 is 0 Å². The Balaban J connectivity index is 1.44. The zero-order valence-corrected chi connectivity index (χ0v) is 13.8. The largest absolute Gasteiger partial charge is 0.442 e. The highest BCUT2D eigenvalue weighted by Gasteiger charge is 2.52. The Bertz CT molecular complexity index is 738. The summed E-state index contributed by atoms with van der Waals surface area (Å²) in [4.78, 5) is 26.6. The maximum Gasteiger partial charge on any atom is 0.230 e. The summed E-state index contributed by atoms with van der Waals surface area (Å²) in [5, 5.41) is 1.32. The molecular formula is C15H17N5O3S. The van der Waals surface area contributed by atoms with Gasteiger partial charge in [0.15, 0.2) is 5.75 Å². The van der Waals surface area contributed by atoms with E-state index < -0.39 is 5.41 Å². The third-order valence-corrected chi connectivity index (χ3v) is 5.32. The van der Waals surface area contributed by atoms with Gasteiger partial charge < -0.3 is 20.1 Å². The van der Waals surface area contributed by atoms with Gasteiger partial charge in [-0.25, -0.2) is 15.0 Å². The van der Waals surface area contributed by atoms with Gasteiger partial charge in [0.1, 0.15) is 10.4 Å². The molecule has 1 amide bonds. The molecule has 4 rings (SSSR count). The van der Waals surface area contributed by atoms with Crippen molar-refractivity contribution in [3.63, 3.8) is 0 Å². The molecule has 126 valence electrons. The minimum absolute atomic E-state index is 0.318. The van der Waals surface area contributed by atoms with E-state index in [4.69, 9.17) is 15.2 Å². The van der Waals surface area contributed by atoms with Gasteiger partial charge in [-0.3, -0.25) is 4.79 Å². The average molecular weight is 347 g/mol. The first-order chi connectivity index (χ1) is 11.7. The number of thiazole rings is 1. The summed E-state index contributed by atoms with van der Waals surface area (Å²) in [5.74, 6) is 0.883. The second-order valence-corrected chi connectivity index (χ2v) is 6.84. The van der Waals surface area contributed by atoms with Gasteiger partial charge in [0.2, 0.25) is 16.9 Å². The van der Waals surface area contributed by atoms with Crippen molar-refractivity contribution in [2.45, 2.75) is 18.3 Å². The van der Waals surface area contributed by atoms with Crippen molar-refractivity contribution in [2.75, 3.05) is 31.2 Å². The lowest BCUT2D eigenvalue weighted by molar-refractivity contribution is -0.120. The molecule has 2 aromatic heterocycles. The van der Waals surface area contributed by atoms with Gasteiger partial charge in [0.05, 0.1) is 31.8 Å². The Labute approximate surface area is 142 Å². The number of amides is 1. The molecule has 0 bridgehead atoms. The molecule has 1 aliphatic heterocycles. The molecule has 0 spiro atoms. The quantitative estimate of drug-likeness (QED) is 0.863. The van der Waals surface area contributed by atoms with Crippen LogP contribution in [0.5, 0.6) is 10.8 Å². The van der Waals surface area contributed by atoms with Crippen LogP contribution in [0, 0.1) is 0 Å². The third-order valence-electron chi connectivity index (χ3n) is 4.24. The molecule has 2 aliphatic rings. The highest BCUT2D eigenvalue weighted by molar-refractivity contribution is 7.13. The van der Waals surface area contributed by atoms with Gasteiger partial charge in [-0.2, -0.15) is 0 Å². The minimum Gasteiger partial charge on any atom is -0.442 e. The van der Waals surface area contributed by atoms with Crippen LogP contribution in [-0.2, 0) is 14.9 Å². The number of rotatable bonds is 5. The molecule has 0 aromatic carbocycles. The first-order valence-electron chi connectivity index (χ1n) is 7.76. The predicted octanol–water partition coefficient (Wildman–Crippen LogP) is 1.08. The van der Waals surface area contributed by atoms with E-state index in [9.17, 15) is 4.79 Å². The summed E-state index contributed by atoms with van der Waals surface area (Å²) >= 11 is 1.34. The highest BCUT2D eigenvalue weighted by atomic mass is 32.1. The van der Waals surface area contributed by atoms with Crippen LogP contribution in [0.15, 0.2) is 18.6 Å². The van der Waals surface area contributed by atoms with E-state index in [1.165, 1.54) is 11.3 Å². The van der Waals surface area contributed by atoms with Crippen molar-refractivity contribution in [1.82, 2.24) is 15.0 Å². The van der Waals surface area contributed by atoms with Crippen molar-refractivity contribution in [3.8, 4) is 10.8 Å². The smallest absolute Gasteiger partial charge is 0.230 e. The summed E-state index contributed by atoms with van der Waals surface area (Å²) in [6, 6.07) is 0. The molecule has 2 fully saturated rings. The standard InChI is InChI=1S/C15H17N5O3S/c16-12(21)15(1-2-15)13-17-9-11(24-13)23-10-7-18-14(19-8-10)20-3-5-22-6-4-20/h7-9H,1-6H2,(H2,16,21). The fourth-order valence-electron chi connectivity index (χ4n) is 2.62. The van der Waals surface area contributed by atoms with Crippen LogP contribution in [0.4, 0.5) is 5.95 Å². The maximum atomic E-state index is 11.6. The summed E-state index contributed by atoms with van der Waals surface area (Å²) in [6.07, 6.45) is 6.40. The number of nitrogens with zero attached hydrogens (tertiary/aromatic N) is 4. The molecule has 2 aromatic rings. The SMILES string of the molecule is NC(=O)C1(c2ncc(Oc3cnc(N4CCOCC4)nc3)s2)CC1. The van der Waals surface area contributed by atoms with Crippen LogP contribution in [-0.4, -0.2) is 47.2 Å². The molecule has 24 heavy (non-hydrogen) atoms. The van der Waals surface area contributed by atoms with Crippen molar-refractivity contribution in [2.24, 2.45) is 5.73 Å². The van der Waals surface area contributed by atoms with Crippen molar-refractivity contribution in [1.29, 1.82) is 0 Å². The molecule has 3 heterocycles. The monoisotopic (exact) mass is 347 g/mol. The van der Waals surface area contributed by atoms with Crippen molar-refractivity contribution >= 4 is 23.2 Å². The number of aromatic nitrogens is 3. The van der Waals surface area contributed by atoms with Crippen molar-refractivity contribution < 1.29 is 14.3 Å². The van der Waals surface area contributed by atoms with Crippen LogP contribution in [0.1, 0.15) is 17.8 Å². The predicted molar refractivity (Wildman–Crippen MR) is 87.4 cm³/mol. The second-order valence-electron chi connectivity index (χ2n) is 5.85.